The molecule has 2 N–H and O–H groups in total. The first-order chi connectivity index (χ1) is 7.35. The van der Waals surface area contributed by atoms with Crippen LogP contribution >= 0.6 is 0 Å². The first kappa shape index (κ1) is 14.5. The SMILES string of the molecule is C[Si](C)(C)C#CC(O)C#CC(O)C#CC=O. The van der Waals surface area contributed by atoms with E-state index < -0.39 is 20.3 Å². The summed E-state index contributed by atoms with van der Waals surface area (Å²) in [5.74, 6) is 11.4. The summed E-state index contributed by atoms with van der Waals surface area (Å²) in [5.41, 5.74) is 2.95. The molecular weight excluding hydrogens is 220 g/mol. The van der Waals surface area contributed by atoms with Crippen LogP contribution in [0.4, 0.5) is 0 Å². The minimum absolute atomic E-state index is 0.367. The minimum atomic E-state index is -1.52. The van der Waals surface area contributed by atoms with Crippen molar-refractivity contribution >= 4 is 14.4 Å². The van der Waals surface area contributed by atoms with Gasteiger partial charge in [-0.3, -0.25) is 4.79 Å². The van der Waals surface area contributed by atoms with Gasteiger partial charge in [0.2, 0.25) is 0 Å². The van der Waals surface area contributed by atoms with Crippen LogP contribution < -0.4 is 0 Å². The molecule has 0 spiro atoms. The van der Waals surface area contributed by atoms with E-state index in [1.165, 1.54) is 0 Å². The van der Waals surface area contributed by atoms with Crippen molar-refractivity contribution in [1.82, 2.24) is 0 Å². The summed E-state index contributed by atoms with van der Waals surface area (Å²) in [5, 5.41) is 18.4. The first-order valence-corrected chi connectivity index (χ1v) is 8.20. The predicted molar refractivity (Wildman–Crippen MR) is 64.8 cm³/mol. The second-order valence-electron chi connectivity index (χ2n) is 4.02. The molecule has 2 atom stereocenters. The van der Waals surface area contributed by atoms with E-state index in [4.69, 9.17) is 5.11 Å². The van der Waals surface area contributed by atoms with Gasteiger partial charge in [0, 0.05) is 0 Å². The molecular formula is C12H14O3Si. The maximum absolute atomic E-state index is 9.86. The van der Waals surface area contributed by atoms with E-state index in [1.54, 1.807) is 0 Å². The molecule has 3 nitrogen and oxygen atoms in total. The van der Waals surface area contributed by atoms with Crippen LogP contribution in [0.1, 0.15) is 0 Å². The lowest BCUT2D eigenvalue weighted by Gasteiger charge is -2.03. The molecule has 0 bridgehead atoms. The van der Waals surface area contributed by atoms with E-state index >= 15 is 0 Å². The van der Waals surface area contributed by atoms with E-state index in [-0.39, 0.29) is 0 Å². The van der Waals surface area contributed by atoms with Crippen LogP contribution in [0.25, 0.3) is 0 Å². The lowest BCUT2D eigenvalue weighted by molar-refractivity contribution is -0.103. The molecule has 0 radical (unpaired) electrons. The molecule has 0 aromatic rings. The molecule has 0 aromatic carbocycles. The summed E-state index contributed by atoms with van der Waals surface area (Å²) >= 11 is 0. The summed E-state index contributed by atoms with van der Waals surface area (Å²) in [4.78, 5) is 9.86. The van der Waals surface area contributed by atoms with E-state index in [0.717, 1.165) is 0 Å². The van der Waals surface area contributed by atoms with Crippen molar-refractivity contribution < 1.29 is 15.0 Å². The Morgan fingerprint density at radius 2 is 1.50 bits per heavy atom. The van der Waals surface area contributed by atoms with Gasteiger partial charge in [0.05, 0.1) is 0 Å². The molecule has 2 unspecified atom stereocenters. The highest BCUT2D eigenvalue weighted by Crippen LogP contribution is 1.96. The Bertz CT molecular complexity index is 415. The largest absolute Gasteiger partial charge is 0.369 e. The topological polar surface area (TPSA) is 57.5 Å². The van der Waals surface area contributed by atoms with Crippen LogP contribution in [0.5, 0.6) is 0 Å². The fraction of sp³-hybridized carbons (Fsp3) is 0.417. The quantitative estimate of drug-likeness (QED) is 0.346. The monoisotopic (exact) mass is 234 g/mol. The van der Waals surface area contributed by atoms with Gasteiger partial charge in [0.15, 0.2) is 18.5 Å². The Morgan fingerprint density at radius 1 is 1.00 bits per heavy atom. The normalized spacial score (nSPS) is 12.8. The Labute approximate surface area is 96.9 Å². The van der Waals surface area contributed by atoms with Crippen molar-refractivity contribution in [1.29, 1.82) is 0 Å². The molecule has 0 saturated carbocycles. The van der Waals surface area contributed by atoms with Crippen molar-refractivity contribution in [2.24, 2.45) is 0 Å². The predicted octanol–water partition coefficient (Wildman–Crippen LogP) is -0.205. The van der Waals surface area contributed by atoms with Crippen LogP contribution in [0.2, 0.25) is 19.6 Å². The van der Waals surface area contributed by atoms with Gasteiger partial charge >= 0.3 is 0 Å². The van der Waals surface area contributed by atoms with Gasteiger partial charge in [-0.2, -0.15) is 0 Å². The molecule has 4 heteroatoms. The van der Waals surface area contributed by atoms with Gasteiger partial charge in [0.25, 0.3) is 0 Å². The fourth-order valence-corrected chi connectivity index (χ4v) is 1.20. The maximum atomic E-state index is 9.86. The Kier molecular flexibility index (Phi) is 6.23. The number of hydrogen-bond acceptors (Lipinski definition) is 3. The van der Waals surface area contributed by atoms with Gasteiger partial charge in [-0.25, -0.2) is 0 Å². The van der Waals surface area contributed by atoms with Gasteiger partial charge in [-0.1, -0.05) is 43.3 Å². The molecule has 0 heterocycles. The number of aldehydes is 1. The molecule has 84 valence electrons. The average molecular weight is 234 g/mol. The van der Waals surface area contributed by atoms with Crippen LogP contribution in [0.15, 0.2) is 0 Å². The van der Waals surface area contributed by atoms with Gasteiger partial charge in [0.1, 0.15) is 8.07 Å². The molecule has 0 aromatic heterocycles. The zero-order valence-corrected chi connectivity index (χ0v) is 10.5. The molecule has 0 fully saturated rings. The number of aliphatic hydroxyl groups excluding tert-OH is 2. The van der Waals surface area contributed by atoms with Crippen molar-refractivity contribution in [2.75, 3.05) is 0 Å². The third-order valence-electron chi connectivity index (χ3n) is 1.22. The fourth-order valence-electron chi connectivity index (χ4n) is 0.628. The maximum Gasteiger partial charge on any atom is 0.192 e. The van der Waals surface area contributed by atoms with Gasteiger partial charge in [-0.15, -0.1) is 5.54 Å². The molecule has 0 saturated heterocycles. The summed E-state index contributed by atoms with van der Waals surface area (Å²) in [6, 6.07) is 0. The highest BCUT2D eigenvalue weighted by molar-refractivity contribution is 6.83. The first-order valence-electron chi connectivity index (χ1n) is 4.70. The van der Waals surface area contributed by atoms with Crippen LogP contribution in [0.3, 0.4) is 0 Å². The molecule has 16 heavy (non-hydrogen) atoms. The lowest BCUT2D eigenvalue weighted by Crippen LogP contribution is -2.17. The molecule has 0 aliphatic heterocycles. The van der Waals surface area contributed by atoms with Crippen LogP contribution in [-0.2, 0) is 4.79 Å². The van der Waals surface area contributed by atoms with Crippen molar-refractivity contribution in [3.8, 4) is 35.1 Å². The Hall–Kier alpha value is -1.51. The third-order valence-corrected chi connectivity index (χ3v) is 2.11. The standard InChI is InChI=1S/C12H14O3Si/c1-16(2,3)10-8-12(15)7-6-11(14)5-4-9-13/h9,11-12,14-15H,1-3H3. The van der Waals surface area contributed by atoms with Crippen LogP contribution in [0, 0.1) is 35.1 Å². The van der Waals surface area contributed by atoms with Gasteiger partial charge < -0.3 is 10.2 Å². The number of hydrogen-bond donors (Lipinski definition) is 2. The van der Waals surface area contributed by atoms with Gasteiger partial charge in [-0.05, 0) is 5.92 Å². The average Bonchev–Trinajstić information content (AvgIpc) is 2.19. The van der Waals surface area contributed by atoms with Crippen molar-refractivity contribution in [3.63, 3.8) is 0 Å². The number of carbonyl (C=O) groups excluding carboxylic acids is 1. The molecule has 0 rings (SSSR count). The second-order valence-corrected chi connectivity index (χ2v) is 8.77. The lowest BCUT2D eigenvalue weighted by atomic mass is 10.3. The number of rotatable bonds is 0. The number of aliphatic hydroxyl groups is 2. The summed E-state index contributed by atoms with van der Waals surface area (Å²) in [6.45, 7) is 6.14. The zero-order chi connectivity index (χ0) is 12.6. The number of carbonyl (C=O) groups is 1. The van der Waals surface area contributed by atoms with Crippen molar-refractivity contribution in [2.45, 2.75) is 31.8 Å². The molecule has 0 aliphatic rings. The van der Waals surface area contributed by atoms with Crippen LogP contribution in [-0.4, -0.2) is 36.8 Å². The second kappa shape index (κ2) is 6.88. The Balaban J connectivity index is 4.44. The zero-order valence-electron chi connectivity index (χ0n) is 9.53. The van der Waals surface area contributed by atoms with E-state index in [9.17, 15) is 9.90 Å². The summed E-state index contributed by atoms with van der Waals surface area (Å²) in [7, 11) is -1.52. The van der Waals surface area contributed by atoms with E-state index in [2.05, 4.69) is 29.2 Å². The Morgan fingerprint density at radius 3 is 1.94 bits per heavy atom. The molecule has 0 amide bonds. The van der Waals surface area contributed by atoms with Crippen molar-refractivity contribution in [3.05, 3.63) is 0 Å². The molecule has 0 aliphatic carbocycles. The third kappa shape index (κ3) is 9.06. The summed E-state index contributed by atoms with van der Waals surface area (Å²) in [6.07, 6.45) is -1.94. The van der Waals surface area contributed by atoms with E-state index in [1.807, 2.05) is 25.6 Å². The van der Waals surface area contributed by atoms with E-state index in [0.29, 0.717) is 6.29 Å². The smallest absolute Gasteiger partial charge is 0.192 e. The summed E-state index contributed by atoms with van der Waals surface area (Å²) < 4.78 is 0. The highest BCUT2D eigenvalue weighted by Gasteiger charge is 2.07. The highest BCUT2D eigenvalue weighted by atomic mass is 28.3. The minimum Gasteiger partial charge on any atom is -0.369 e.